The van der Waals surface area contributed by atoms with Crippen LogP contribution in [0.3, 0.4) is 0 Å². The SMILES string of the molecule is CI.COC(=O)c1nn(C)c(C(C)C)c1[N+](=O)[O-]. The Balaban J connectivity index is 0.00000137. The molecule has 102 valence electrons. The minimum absolute atomic E-state index is 0.101. The third-order valence-electron chi connectivity index (χ3n) is 2.17. The monoisotopic (exact) mass is 369 g/mol. The average molecular weight is 369 g/mol. The minimum Gasteiger partial charge on any atom is -0.464 e. The number of nitro groups is 1. The molecule has 0 aliphatic rings. The molecule has 1 heterocycles. The number of aryl methyl sites for hydroxylation is 1. The fourth-order valence-electron chi connectivity index (χ4n) is 1.59. The van der Waals surface area contributed by atoms with Gasteiger partial charge in [0.2, 0.25) is 5.69 Å². The Bertz CT molecular complexity index is 443. The van der Waals surface area contributed by atoms with Crippen molar-refractivity contribution in [3.63, 3.8) is 0 Å². The van der Waals surface area contributed by atoms with Gasteiger partial charge in [-0.25, -0.2) is 4.79 Å². The number of carbonyl (C=O) groups is 1. The molecule has 0 N–H and O–H groups in total. The second-order valence-electron chi connectivity index (χ2n) is 3.61. The average Bonchev–Trinajstić information content (AvgIpc) is 2.68. The van der Waals surface area contributed by atoms with Crippen molar-refractivity contribution in [3.8, 4) is 0 Å². The fraction of sp³-hybridized carbons (Fsp3) is 0.600. The summed E-state index contributed by atoms with van der Waals surface area (Å²) in [7, 11) is 2.73. The second-order valence-corrected chi connectivity index (χ2v) is 3.61. The van der Waals surface area contributed by atoms with E-state index in [9.17, 15) is 14.9 Å². The van der Waals surface area contributed by atoms with Gasteiger partial charge in [-0.15, -0.1) is 0 Å². The van der Waals surface area contributed by atoms with Crippen LogP contribution in [0.1, 0.15) is 35.9 Å². The minimum atomic E-state index is -0.797. The van der Waals surface area contributed by atoms with Gasteiger partial charge in [0, 0.05) is 13.0 Å². The van der Waals surface area contributed by atoms with Crippen molar-refractivity contribution in [1.29, 1.82) is 0 Å². The lowest BCUT2D eigenvalue weighted by atomic mass is 10.1. The van der Waals surface area contributed by atoms with E-state index in [2.05, 4.69) is 32.4 Å². The van der Waals surface area contributed by atoms with E-state index >= 15 is 0 Å². The predicted molar refractivity (Wildman–Crippen MR) is 75.2 cm³/mol. The van der Waals surface area contributed by atoms with E-state index in [1.807, 2.05) is 4.93 Å². The summed E-state index contributed by atoms with van der Waals surface area (Å²) >= 11 is 2.15. The summed E-state index contributed by atoms with van der Waals surface area (Å²) in [6.07, 6.45) is 0. The van der Waals surface area contributed by atoms with Crippen LogP contribution in [0.25, 0.3) is 0 Å². The first-order chi connectivity index (χ1) is 8.40. The van der Waals surface area contributed by atoms with E-state index < -0.39 is 10.9 Å². The lowest BCUT2D eigenvalue weighted by Gasteiger charge is -2.03. The third-order valence-corrected chi connectivity index (χ3v) is 2.17. The van der Waals surface area contributed by atoms with Crippen molar-refractivity contribution in [3.05, 3.63) is 21.5 Å². The first kappa shape index (κ1) is 16.8. The van der Waals surface area contributed by atoms with Crippen LogP contribution >= 0.6 is 22.6 Å². The molecule has 18 heavy (non-hydrogen) atoms. The lowest BCUT2D eigenvalue weighted by molar-refractivity contribution is -0.386. The first-order valence-corrected chi connectivity index (χ1v) is 7.23. The molecule has 0 aliphatic carbocycles. The molecule has 0 amide bonds. The van der Waals surface area contributed by atoms with Crippen LogP contribution in [0.5, 0.6) is 0 Å². The van der Waals surface area contributed by atoms with Crippen LogP contribution in [0, 0.1) is 10.1 Å². The fourth-order valence-corrected chi connectivity index (χ4v) is 1.59. The number of rotatable bonds is 3. The summed E-state index contributed by atoms with van der Waals surface area (Å²) in [5.41, 5.74) is -0.117. The molecule has 0 atom stereocenters. The van der Waals surface area contributed by atoms with Gasteiger partial charge in [-0.1, -0.05) is 36.4 Å². The maximum Gasteiger partial charge on any atom is 0.365 e. The summed E-state index contributed by atoms with van der Waals surface area (Å²) in [6.45, 7) is 3.59. The van der Waals surface area contributed by atoms with Crippen molar-refractivity contribution in [1.82, 2.24) is 9.78 Å². The van der Waals surface area contributed by atoms with E-state index in [-0.39, 0.29) is 17.3 Å². The van der Waals surface area contributed by atoms with Crippen molar-refractivity contribution < 1.29 is 14.5 Å². The molecule has 0 bridgehead atoms. The molecule has 0 saturated carbocycles. The Hall–Kier alpha value is -1.19. The Labute approximate surface area is 119 Å². The van der Waals surface area contributed by atoms with Crippen LogP contribution < -0.4 is 0 Å². The van der Waals surface area contributed by atoms with Crippen molar-refractivity contribution in [2.45, 2.75) is 19.8 Å². The Kier molecular flexibility index (Phi) is 6.81. The summed E-state index contributed by atoms with van der Waals surface area (Å²) in [5.74, 6) is -0.898. The molecule has 1 rings (SSSR count). The quantitative estimate of drug-likeness (QED) is 0.268. The molecule has 1 aromatic rings. The second kappa shape index (κ2) is 7.29. The van der Waals surface area contributed by atoms with Crippen LogP contribution in [-0.2, 0) is 11.8 Å². The highest BCUT2D eigenvalue weighted by molar-refractivity contribution is 14.1. The summed E-state index contributed by atoms with van der Waals surface area (Å²) in [4.78, 5) is 23.6. The number of esters is 1. The molecule has 0 fully saturated rings. The van der Waals surface area contributed by atoms with E-state index in [1.165, 1.54) is 4.68 Å². The Morgan fingerprint density at radius 1 is 1.50 bits per heavy atom. The molecular formula is C10H16IN3O4. The standard InChI is InChI=1S/C9H13N3O4.CH3I/c1-5(2)7-8(12(14)15)6(9(13)16-4)10-11(7)3;1-2/h5H,1-4H3;1H3. The number of hydrogen-bond donors (Lipinski definition) is 0. The van der Waals surface area contributed by atoms with Gasteiger partial charge in [0.1, 0.15) is 5.69 Å². The molecule has 1 aromatic heterocycles. The number of carbonyl (C=O) groups excluding carboxylic acids is 1. The molecule has 0 saturated heterocycles. The molecule has 0 aromatic carbocycles. The third kappa shape index (κ3) is 3.40. The van der Waals surface area contributed by atoms with Crippen LogP contribution in [-0.4, -0.2) is 32.7 Å². The highest BCUT2D eigenvalue weighted by Crippen LogP contribution is 2.29. The molecule has 0 spiro atoms. The number of aromatic nitrogens is 2. The van der Waals surface area contributed by atoms with Gasteiger partial charge in [-0.05, 0) is 4.93 Å². The van der Waals surface area contributed by atoms with Gasteiger partial charge in [-0.2, -0.15) is 5.10 Å². The molecule has 0 aliphatic heterocycles. The predicted octanol–water partition coefficient (Wildman–Crippen LogP) is 2.29. The van der Waals surface area contributed by atoms with Crippen molar-refractivity contribution in [2.75, 3.05) is 12.0 Å². The zero-order valence-corrected chi connectivity index (χ0v) is 13.1. The van der Waals surface area contributed by atoms with Crippen LogP contribution in [0.2, 0.25) is 0 Å². The number of nitrogens with zero attached hydrogens (tertiary/aromatic N) is 3. The smallest absolute Gasteiger partial charge is 0.365 e. The maximum atomic E-state index is 11.3. The van der Waals surface area contributed by atoms with E-state index in [1.54, 1.807) is 20.9 Å². The zero-order chi connectivity index (χ0) is 14.5. The van der Waals surface area contributed by atoms with Gasteiger partial charge < -0.3 is 4.74 Å². The van der Waals surface area contributed by atoms with Gasteiger partial charge >= 0.3 is 11.7 Å². The number of ether oxygens (including phenoxy) is 1. The number of halogens is 1. The molecule has 0 unspecified atom stereocenters. The summed E-state index contributed by atoms with van der Waals surface area (Å²) < 4.78 is 5.80. The van der Waals surface area contributed by atoms with Gasteiger partial charge in [-0.3, -0.25) is 14.8 Å². The van der Waals surface area contributed by atoms with Crippen LogP contribution in [0.15, 0.2) is 0 Å². The highest BCUT2D eigenvalue weighted by Gasteiger charge is 2.32. The van der Waals surface area contributed by atoms with Crippen molar-refractivity contribution in [2.24, 2.45) is 7.05 Å². The van der Waals surface area contributed by atoms with E-state index in [4.69, 9.17) is 0 Å². The van der Waals surface area contributed by atoms with Crippen molar-refractivity contribution >= 4 is 34.2 Å². The highest BCUT2D eigenvalue weighted by atomic mass is 127. The van der Waals surface area contributed by atoms with E-state index in [0.29, 0.717) is 5.69 Å². The number of methoxy groups -OCH3 is 1. The Morgan fingerprint density at radius 3 is 2.33 bits per heavy atom. The first-order valence-electron chi connectivity index (χ1n) is 5.07. The van der Waals surface area contributed by atoms with E-state index in [0.717, 1.165) is 7.11 Å². The molecule has 7 nitrogen and oxygen atoms in total. The van der Waals surface area contributed by atoms with Gasteiger partial charge in [0.05, 0.1) is 12.0 Å². The number of alkyl halides is 1. The number of hydrogen-bond acceptors (Lipinski definition) is 5. The molecule has 0 radical (unpaired) electrons. The van der Waals surface area contributed by atoms with Gasteiger partial charge in [0.15, 0.2) is 0 Å². The summed E-state index contributed by atoms with van der Waals surface area (Å²) in [6, 6.07) is 0. The van der Waals surface area contributed by atoms with Gasteiger partial charge in [0.25, 0.3) is 0 Å². The van der Waals surface area contributed by atoms with Crippen LogP contribution in [0.4, 0.5) is 5.69 Å². The zero-order valence-electron chi connectivity index (χ0n) is 10.9. The maximum absolute atomic E-state index is 11.3. The lowest BCUT2D eigenvalue weighted by Crippen LogP contribution is -2.06. The molecule has 8 heteroatoms. The topological polar surface area (TPSA) is 87.3 Å². The molecular weight excluding hydrogens is 353 g/mol. The summed E-state index contributed by atoms with van der Waals surface area (Å²) in [5, 5.41) is 14.7. The Morgan fingerprint density at radius 2 is 2.00 bits per heavy atom. The normalized spacial score (nSPS) is 9.72. The largest absolute Gasteiger partial charge is 0.464 e.